The Morgan fingerprint density at radius 3 is 2.43 bits per heavy atom. The molecule has 0 aromatic rings. The zero-order valence-electron chi connectivity index (χ0n) is 7.42. The van der Waals surface area contributed by atoms with Crippen LogP contribution < -0.4 is 0 Å². The van der Waals surface area contributed by atoms with Crippen LogP contribution in [0.5, 0.6) is 0 Å². The predicted molar refractivity (Wildman–Crippen MR) is 59.8 cm³/mol. The molecule has 2 nitrogen and oxygen atoms in total. The van der Waals surface area contributed by atoms with Gasteiger partial charge < -0.3 is 0 Å². The van der Waals surface area contributed by atoms with Crippen LogP contribution in [-0.2, 0) is 0 Å². The maximum absolute atomic E-state index is 9.56. The van der Waals surface area contributed by atoms with Crippen molar-refractivity contribution in [3.8, 4) is 0 Å². The monoisotopic (exact) mass is 203 g/mol. The van der Waals surface area contributed by atoms with E-state index in [-0.39, 0.29) is 0 Å². The van der Waals surface area contributed by atoms with Gasteiger partial charge in [-0.15, -0.1) is 0 Å². The molecule has 0 saturated heterocycles. The SMILES string of the molecule is ON1C=CC=CC1=C1C=CC=CC1=S. The van der Waals surface area contributed by atoms with Crippen molar-refractivity contribution in [3.05, 3.63) is 60.0 Å². The van der Waals surface area contributed by atoms with Gasteiger partial charge in [0.15, 0.2) is 0 Å². The van der Waals surface area contributed by atoms with E-state index in [0.717, 1.165) is 15.5 Å². The van der Waals surface area contributed by atoms with E-state index < -0.39 is 0 Å². The summed E-state index contributed by atoms with van der Waals surface area (Å²) in [6.07, 6.45) is 14.6. The van der Waals surface area contributed by atoms with Gasteiger partial charge in [0.2, 0.25) is 0 Å². The molecule has 0 amide bonds. The number of allylic oxidation sites excluding steroid dienone is 8. The largest absolute Gasteiger partial charge is 0.284 e. The van der Waals surface area contributed by atoms with Crippen LogP contribution in [0.1, 0.15) is 0 Å². The van der Waals surface area contributed by atoms with Crippen LogP contribution in [0.2, 0.25) is 0 Å². The van der Waals surface area contributed by atoms with Gasteiger partial charge in [-0.1, -0.05) is 36.5 Å². The Morgan fingerprint density at radius 2 is 1.71 bits per heavy atom. The molecular weight excluding hydrogens is 194 g/mol. The summed E-state index contributed by atoms with van der Waals surface area (Å²) in [5, 5.41) is 10.6. The molecule has 1 aliphatic heterocycles. The molecule has 0 bridgehead atoms. The lowest BCUT2D eigenvalue weighted by molar-refractivity contribution is -0.000642. The van der Waals surface area contributed by atoms with E-state index in [2.05, 4.69) is 0 Å². The van der Waals surface area contributed by atoms with Gasteiger partial charge in [-0.3, -0.25) is 5.21 Å². The molecule has 3 heteroatoms. The summed E-state index contributed by atoms with van der Waals surface area (Å²) in [6, 6.07) is 0. The fourth-order valence-corrected chi connectivity index (χ4v) is 1.58. The van der Waals surface area contributed by atoms with Gasteiger partial charge in [0.1, 0.15) is 0 Å². The summed E-state index contributed by atoms with van der Waals surface area (Å²) in [7, 11) is 0. The number of rotatable bonds is 0. The normalized spacial score (nSPS) is 24.9. The Labute approximate surface area is 87.8 Å². The first-order valence-electron chi connectivity index (χ1n) is 4.25. The Morgan fingerprint density at radius 1 is 1.00 bits per heavy atom. The van der Waals surface area contributed by atoms with Crippen molar-refractivity contribution in [3.63, 3.8) is 0 Å². The van der Waals surface area contributed by atoms with Crippen LogP contribution in [0.3, 0.4) is 0 Å². The molecule has 0 aromatic carbocycles. The molecule has 1 aliphatic carbocycles. The van der Waals surface area contributed by atoms with E-state index in [1.165, 1.54) is 0 Å². The highest BCUT2D eigenvalue weighted by Gasteiger charge is 2.12. The average Bonchev–Trinajstić information content (AvgIpc) is 2.20. The summed E-state index contributed by atoms with van der Waals surface area (Å²) < 4.78 is 0. The van der Waals surface area contributed by atoms with Crippen molar-refractivity contribution in [2.24, 2.45) is 0 Å². The second-order valence-corrected chi connectivity index (χ2v) is 3.37. The summed E-state index contributed by atoms with van der Waals surface area (Å²) in [6.45, 7) is 0. The van der Waals surface area contributed by atoms with Crippen molar-refractivity contribution >= 4 is 17.1 Å². The third-order valence-corrected chi connectivity index (χ3v) is 2.36. The van der Waals surface area contributed by atoms with Gasteiger partial charge in [-0.05, 0) is 18.2 Å². The first kappa shape index (κ1) is 9.12. The van der Waals surface area contributed by atoms with Crippen molar-refractivity contribution in [2.45, 2.75) is 0 Å². The molecule has 1 heterocycles. The maximum Gasteiger partial charge on any atom is 0.0772 e. The van der Waals surface area contributed by atoms with Gasteiger partial charge in [0.05, 0.1) is 5.70 Å². The van der Waals surface area contributed by atoms with Crippen molar-refractivity contribution in [1.82, 2.24) is 5.06 Å². The second-order valence-electron chi connectivity index (χ2n) is 2.93. The molecule has 0 atom stereocenters. The van der Waals surface area contributed by atoms with Crippen LogP contribution in [0.4, 0.5) is 0 Å². The van der Waals surface area contributed by atoms with Crippen LogP contribution in [-0.4, -0.2) is 15.1 Å². The summed E-state index contributed by atoms with van der Waals surface area (Å²) in [4.78, 5) is 0.738. The molecule has 0 fully saturated rings. The standard InChI is InChI=1S/C11H9NOS/c13-12-8-4-3-6-10(12)9-5-1-2-7-11(9)14/h1-8,13H. The van der Waals surface area contributed by atoms with Crippen molar-refractivity contribution in [1.29, 1.82) is 0 Å². The molecular formula is C11H9NOS. The molecule has 0 radical (unpaired) electrons. The number of hydroxylamine groups is 2. The van der Waals surface area contributed by atoms with Gasteiger partial charge in [0, 0.05) is 16.6 Å². The Kier molecular flexibility index (Phi) is 2.43. The van der Waals surface area contributed by atoms with Crippen LogP contribution in [0, 0.1) is 0 Å². The number of hydrogen-bond acceptors (Lipinski definition) is 3. The minimum Gasteiger partial charge on any atom is -0.284 e. The highest BCUT2D eigenvalue weighted by molar-refractivity contribution is 7.81. The van der Waals surface area contributed by atoms with Crippen LogP contribution in [0.15, 0.2) is 60.0 Å². The Balaban J connectivity index is 2.44. The highest BCUT2D eigenvalue weighted by atomic mass is 32.1. The minimum atomic E-state index is 0.707. The maximum atomic E-state index is 9.56. The van der Waals surface area contributed by atoms with Gasteiger partial charge in [0.25, 0.3) is 0 Å². The van der Waals surface area contributed by atoms with Gasteiger partial charge in [-0.2, -0.15) is 0 Å². The lowest BCUT2D eigenvalue weighted by atomic mass is 10.0. The van der Waals surface area contributed by atoms with E-state index in [1.807, 2.05) is 36.5 Å². The molecule has 0 spiro atoms. The van der Waals surface area contributed by atoms with Gasteiger partial charge in [-0.25, -0.2) is 5.06 Å². The summed E-state index contributed by atoms with van der Waals surface area (Å²) in [5.74, 6) is 0. The first-order chi connectivity index (χ1) is 6.79. The molecule has 70 valence electrons. The molecule has 14 heavy (non-hydrogen) atoms. The van der Waals surface area contributed by atoms with Crippen LogP contribution >= 0.6 is 12.2 Å². The lowest BCUT2D eigenvalue weighted by Crippen LogP contribution is -2.16. The van der Waals surface area contributed by atoms with E-state index in [4.69, 9.17) is 12.2 Å². The fourth-order valence-electron chi connectivity index (χ4n) is 1.33. The molecule has 0 unspecified atom stereocenters. The highest BCUT2D eigenvalue weighted by Crippen LogP contribution is 2.19. The zero-order chi connectivity index (χ0) is 9.97. The van der Waals surface area contributed by atoms with Crippen molar-refractivity contribution in [2.75, 3.05) is 0 Å². The fraction of sp³-hybridized carbons (Fsp3) is 0. The Bertz CT molecular complexity index is 413. The molecule has 2 aliphatic rings. The van der Waals surface area contributed by atoms with E-state index >= 15 is 0 Å². The van der Waals surface area contributed by atoms with Crippen molar-refractivity contribution < 1.29 is 5.21 Å². The third kappa shape index (κ3) is 1.60. The van der Waals surface area contributed by atoms with E-state index in [9.17, 15) is 5.21 Å². The summed E-state index contributed by atoms with van der Waals surface area (Å²) >= 11 is 5.17. The van der Waals surface area contributed by atoms with E-state index in [0.29, 0.717) is 5.70 Å². The zero-order valence-corrected chi connectivity index (χ0v) is 8.24. The van der Waals surface area contributed by atoms with E-state index in [1.54, 1.807) is 12.3 Å². The lowest BCUT2D eigenvalue weighted by Gasteiger charge is -2.19. The minimum absolute atomic E-state index is 0.707. The second kappa shape index (κ2) is 3.74. The number of hydrogen-bond donors (Lipinski definition) is 1. The molecule has 0 saturated carbocycles. The summed E-state index contributed by atoms with van der Waals surface area (Å²) in [5.41, 5.74) is 1.57. The first-order valence-corrected chi connectivity index (χ1v) is 4.66. The topological polar surface area (TPSA) is 23.5 Å². The average molecular weight is 203 g/mol. The number of nitrogens with zero attached hydrogens (tertiary/aromatic N) is 1. The Hall–Kier alpha value is -1.45. The number of thiocarbonyl (C=S) groups is 1. The molecule has 1 N–H and O–H groups in total. The van der Waals surface area contributed by atoms with Gasteiger partial charge >= 0.3 is 0 Å². The molecule has 0 aromatic heterocycles. The smallest absolute Gasteiger partial charge is 0.0772 e. The molecule has 2 rings (SSSR count). The quantitative estimate of drug-likeness (QED) is 0.483. The van der Waals surface area contributed by atoms with Crippen LogP contribution in [0.25, 0.3) is 0 Å². The predicted octanol–water partition coefficient (Wildman–Crippen LogP) is 2.51. The third-order valence-electron chi connectivity index (χ3n) is 2.00.